The molecule has 0 spiro atoms. The molecule has 2 nitrogen and oxygen atoms in total. The predicted octanol–water partition coefficient (Wildman–Crippen LogP) is 3.64. The zero-order chi connectivity index (χ0) is 14.7. The summed E-state index contributed by atoms with van der Waals surface area (Å²) in [5.41, 5.74) is 8.71. The minimum atomic E-state index is 0.160. The molecule has 1 aliphatic carbocycles. The lowest BCUT2D eigenvalue weighted by Gasteiger charge is -2.19. The molecule has 3 rings (SSSR count). The van der Waals surface area contributed by atoms with Gasteiger partial charge in [0.2, 0.25) is 0 Å². The summed E-state index contributed by atoms with van der Waals surface area (Å²) < 4.78 is 0. The Hall–Kier alpha value is -1.29. The fourth-order valence-corrected chi connectivity index (χ4v) is 3.86. The number of hydrogen-bond donors (Lipinski definition) is 2. The summed E-state index contributed by atoms with van der Waals surface area (Å²) in [5.74, 6) is 5.83. The van der Waals surface area contributed by atoms with Gasteiger partial charge in [-0.25, -0.2) is 0 Å². The van der Waals surface area contributed by atoms with Gasteiger partial charge in [0.25, 0.3) is 0 Å². The number of hydrogen-bond acceptors (Lipinski definition) is 3. The number of rotatable bonds is 5. The van der Waals surface area contributed by atoms with Gasteiger partial charge in [-0.2, -0.15) is 0 Å². The Balaban J connectivity index is 1.84. The summed E-state index contributed by atoms with van der Waals surface area (Å²) in [5, 5.41) is 0. The number of thioether (sulfide) groups is 1. The number of aryl methyl sites for hydroxylation is 2. The van der Waals surface area contributed by atoms with Crippen LogP contribution in [0.15, 0.2) is 47.4 Å². The van der Waals surface area contributed by atoms with E-state index in [0.717, 1.165) is 6.42 Å². The third-order valence-corrected chi connectivity index (χ3v) is 5.13. The molecule has 1 atom stereocenters. The molecule has 3 N–H and O–H groups in total. The Morgan fingerprint density at radius 2 is 1.95 bits per heavy atom. The van der Waals surface area contributed by atoms with Crippen molar-refractivity contribution in [3.8, 4) is 0 Å². The van der Waals surface area contributed by atoms with E-state index in [1.54, 1.807) is 11.8 Å². The van der Waals surface area contributed by atoms with E-state index in [1.165, 1.54) is 46.4 Å². The molecule has 0 amide bonds. The van der Waals surface area contributed by atoms with Crippen LogP contribution >= 0.6 is 11.8 Å². The van der Waals surface area contributed by atoms with Gasteiger partial charge >= 0.3 is 0 Å². The zero-order valence-corrected chi connectivity index (χ0v) is 13.2. The fraction of sp³-hybridized carbons (Fsp3) is 0.333. The molecule has 0 radical (unpaired) electrons. The Morgan fingerprint density at radius 3 is 2.76 bits per heavy atom. The molecule has 1 unspecified atom stereocenters. The van der Waals surface area contributed by atoms with Crippen molar-refractivity contribution in [1.82, 2.24) is 5.43 Å². The van der Waals surface area contributed by atoms with Gasteiger partial charge in [0.15, 0.2) is 0 Å². The Labute approximate surface area is 131 Å². The summed E-state index contributed by atoms with van der Waals surface area (Å²) in [6, 6.07) is 15.6. The van der Waals surface area contributed by atoms with Gasteiger partial charge in [-0.1, -0.05) is 36.4 Å². The van der Waals surface area contributed by atoms with E-state index in [4.69, 9.17) is 5.84 Å². The molecule has 2 aromatic carbocycles. The van der Waals surface area contributed by atoms with Crippen molar-refractivity contribution in [1.29, 1.82) is 0 Å². The summed E-state index contributed by atoms with van der Waals surface area (Å²) in [6.45, 7) is 0. The van der Waals surface area contributed by atoms with Crippen LogP contribution in [0.2, 0.25) is 0 Å². The van der Waals surface area contributed by atoms with Crippen molar-refractivity contribution in [2.24, 2.45) is 5.84 Å². The van der Waals surface area contributed by atoms with Crippen molar-refractivity contribution in [2.45, 2.75) is 36.6 Å². The topological polar surface area (TPSA) is 38.0 Å². The highest BCUT2D eigenvalue weighted by Crippen LogP contribution is 2.29. The number of fused-ring (bicyclic) bond motifs is 1. The van der Waals surface area contributed by atoms with Crippen molar-refractivity contribution in [2.75, 3.05) is 6.26 Å². The molecule has 0 saturated carbocycles. The van der Waals surface area contributed by atoms with Crippen LogP contribution in [-0.4, -0.2) is 6.26 Å². The Morgan fingerprint density at radius 1 is 1.14 bits per heavy atom. The second-order valence-corrected chi connectivity index (χ2v) is 6.47. The van der Waals surface area contributed by atoms with Crippen LogP contribution < -0.4 is 11.3 Å². The van der Waals surface area contributed by atoms with E-state index >= 15 is 0 Å². The van der Waals surface area contributed by atoms with Gasteiger partial charge in [0, 0.05) is 4.90 Å². The standard InChI is InChI=1S/C18H22N2S/c1-21-18-8-3-2-7-16(18)17(20-19)12-13-9-10-14-5-4-6-15(14)11-13/h2-3,7-11,17,20H,4-6,12,19H2,1H3. The molecular weight excluding hydrogens is 276 g/mol. The Kier molecular flexibility index (Phi) is 4.63. The lowest BCUT2D eigenvalue weighted by molar-refractivity contribution is 0.544. The highest BCUT2D eigenvalue weighted by atomic mass is 32.2. The van der Waals surface area contributed by atoms with Crippen molar-refractivity contribution >= 4 is 11.8 Å². The van der Waals surface area contributed by atoms with Gasteiger partial charge < -0.3 is 0 Å². The lowest BCUT2D eigenvalue weighted by Crippen LogP contribution is -2.30. The molecule has 3 heteroatoms. The van der Waals surface area contributed by atoms with E-state index in [0.29, 0.717) is 0 Å². The second kappa shape index (κ2) is 6.65. The van der Waals surface area contributed by atoms with Gasteiger partial charge in [0.1, 0.15) is 0 Å². The molecule has 0 bridgehead atoms. The molecule has 0 fully saturated rings. The SMILES string of the molecule is CSc1ccccc1C(Cc1ccc2c(c1)CCC2)NN. The molecule has 110 valence electrons. The largest absolute Gasteiger partial charge is 0.271 e. The highest BCUT2D eigenvalue weighted by Gasteiger charge is 2.16. The van der Waals surface area contributed by atoms with Crippen LogP contribution in [0.25, 0.3) is 0 Å². The summed E-state index contributed by atoms with van der Waals surface area (Å²) in [4.78, 5) is 1.29. The number of benzene rings is 2. The molecule has 21 heavy (non-hydrogen) atoms. The van der Waals surface area contributed by atoms with Crippen LogP contribution in [-0.2, 0) is 19.3 Å². The minimum absolute atomic E-state index is 0.160. The number of nitrogens with two attached hydrogens (primary N) is 1. The first-order valence-electron chi connectivity index (χ1n) is 7.51. The third kappa shape index (κ3) is 3.15. The normalized spacial score (nSPS) is 15.0. The smallest absolute Gasteiger partial charge is 0.0511 e. The van der Waals surface area contributed by atoms with E-state index in [9.17, 15) is 0 Å². The van der Waals surface area contributed by atoms with E-state index < -0.39 is 0 Å². The quantitative estimate of drug-likeness (QED) is 0.503. The van der Waals surface area contributed by atoms with Crippen LogP contribution in [0.5, 0.6) is 0 Å². The van der Waals surface area contributed by atoms with Crippen molar-refractivity contribution in [3.05, 3.63) is 64.7 Å². The third-order valence-electron chi connectivity index (χ3n) is 4.32. The second-order valence-electron chi connectivity index (χ2n) is 5.62. The molecule has 2 aromatic rings. The van der Waals surface area contributed by atoms with E-state index in [1.807, 2.05) is 0 Å². The van der Waals surface area contributed by atoms with Gasteiger partial charge in [-0.3, -0.25) is 11.3 Å². The monoisotopic (exact) mass is 298 g/mol. The Bertz CT molecular complexity index is 624. The van der Waals surface area contributed by atoms with Gasteiger partial charge in [-0.05, 0) is 60.3 Å². The molecule has 0 aliphatic heterocycles. The zero-order valence-electron chi connectivity index (χ0n) is 12.4. The molecule has 0 aromatic heterocycles. The van der Waals surface area contributed by atoms with Gasteiger partial charge in [0.05, 0.1) is 6.04 Å². The first-order valence-corrected chi connectivity index (χ1v) is 8.74. The maximum Gasteiger partial charge on any atom is 0.0511 e. The molecule has 0 saturated heterocycles. The predicted molar refractivity (Wildman–Crippen MR) is 90.5 cm³/mol. The highest BCUT2D eigenvalue weighted by molar-refractivity contribution is 7.98. The van der Waals surface area contributed by atoms with Crippen molar-refractivity contribution < 1.29 is 0 Å². The van der Waals surface area contributed by atoms with Crippen LogP contribution in [0.4, 0.5) is 0 Å². The maximum absolute atomic E-state index is 5.83. The first kappa shape index (κ1) is 14.6. The first-order chi connectivity index (χ1) is 10.3. The van der Waals surface area contributed by atoms with Crippen LogP contribution in [0.1, 0.15) is 34.7 Å². The van der Waals surface area contributed by atoms with Crippen LogP contribution in [0.3, 0.4) is 0 Å². The minimum Gasteiger partial charge on any atom is -0.271 e. The van der Waals surface area contributed by atoms with E-state index in [-0.39, 0.29) is 6.04 Å². The summed E-state index contributed by atoms with van der Waals surface area (Å²) in [7, 11) is 0. The van der Waals surface area contributed by atoms with Gasteiger partial charge in [-0.15, -0.1) is 11.8 Å². The lowest BCUT2D eigenvalue weighted by atomic mass is 9.97. The number of nitrogens with one attached hydrogen (secondary N) is 1. The van der Waals surface area contributed by atoms with Crippen LogP contribution in [0, 0.1) is 0 Å². The molecular formula is C18H22N2S. The molecule has 1 aliphatic rings. The number of hydrazine groups is 1. The maximum atomic E-state index is 5.83. The summed E-state index contributed by atoms with van der Waals surface area (Å²) in [6.07, 6.45) is 6.81. The van der Waals surface area contributed by atoms with Crippen molar-refractivity contribution in [3.63, 3.8) is 0 Å². The average molecular weight is 298 g/mol. The fourth-order valence-electron chi connectivity index (χ4n) is 3.20. The molecule has 0 heterocycles. The van der Waals surface area contributed by atoms with E-state index in [2.05, 4.69) is 54.1 Å². The average Bonchev–Trinajstić information content (AvgIpc) is 3.00. The summed E-state index contributed by atoms with van der Waals surface area (Å²) >= 11 is 1.77.